The van der Waals surface area contributed by atoms with Crippen LogP contribution in [0.1, 0.15) is 11.3 Å². The summed E-state index contributed by atoms with van der Waals surface area (Å²) in [7, 11) is 3.84. The van der Waals surface area contributed by atoms with Crippen LogP contribution in [0.4, 0.5) is 0 Å². The molecule has 2 heterocycles. The Hall–Kier alpha value is -1.33. The molecule has 0 aliphatic rings. The summed E-state index contributed by atoms with van der Waals surface area (Å²) in [6, 6.07) is 2.01. The molecule has 0 aliphatic carbocycles. The van der Waals surface area contributed by atoms with E-state index in [4.69, 9.17) is 0 Å². The minimum absolute atomic E-state index is 0. The Labute approximate surface area is 101 Å². The lowest BCUT2D eigenvalue weighted by Gasteiger charge is -1.99. The Morgan fingerprint density at radius 3 is 2.62 bits per heavy atom. The summed E-state index contributed by atoms with van der Waals surface area (Å²) in [4.78, 5) is 0. The fraction of sp³-hybridized carbons (Fsp3) is 0.400. The van der Waals surface area contributed by atoms with Crippen LogP contribution < -0.4 is 5.32 Å². The number of nitrogens with zero attached hydrogens (tertiary/aromatic N) is 4. The monoisotopic (exact) mass is 241 g/mol. The molecule has 0 saturated carbocycles. The van der Waals surface area contributed by atoms with Gasteiger partial charge in [-0.1, -0.05) is 0 Å². The minimum atomic E-state index is 0. The average Bonchev–Trinajstić information content (AvgIpc) is 2.76. The molecule has 88 valence electrons. The van der Waals surface area contributed by atoms with Crippen molar-refractivity contribution < 1.29 is 0 Å². The van der Waals surface area contributed by atoms with E-state index in [9.17, 15) is 0 Å². The second-order valence-corrected chi connectivity index (χ2v) is 3.61. The van der Waals surface area contributed by atoms with Crippen LogP contribution in [0.15, 0.2) is 24.7 Å². The molecule has 0 fully saturated rings. The summed E-state index contributed by atoms with van der Waals surface area (Å²) in [5, 5.41) is 11.7. The smallest absolute Gasteiger partial charge is 0.0762 e. The first-order valence-corrected chi connectivity index (χ1v) is 4.91. The van der Waals surface area contributed by atoms with Crippen LogP contribution in [-0.4, -0.2) is 19.6 Å². The van der Waals surface area contributed by atoms with Crippen LogP contribution in [0.3, 0.4) is 0 Å². The molecular weight excluding hydrogens is 226 g/mol. The average molecular weight is 242 g/mol. The summed E-state index contributed by atoms with van der Waals surface area (Å²) in [5.41, 5.74) is 2.25. The van der Waals surface area contributed by atoms with Crippen LogP contribution >= 0.6 is 12.4 Å². The van der Waals surface area contributed by atoms with E-state index >= 15 is 0 Å². The Morgan fingerprint density at radius 2 is 2.06 bits per heavy atom. The van der Waals surface area contributed by atoms with Crippen molar-refractivity contribution >= 4 is 12.4 Å². The van der Waals surface area contributed by atoms with E-state index in [2.05, 4.69) is 15.5 Å². The van der Waals surface area contributed by atoms with E-state index in [1.165, 1.54) is 5.56 Å². The zero-order valence-electron chi connectivity index (χ0n) is 9.42. The highest BCUT2D eigenvalue weighted by Gasteiger charge is 1.98. The van der Waals surface area contributed by atoms with Crippen molar-refractivity contribution in [2.24, 2.45) is 14.1 Å². The molecule has 16 heavy (non-hydrogen) atoms. The predicted octanol–water partition coefficient (Wildman–Crippen LogP) is 0.865. The van der Waals surface area contributed by atoms with E-state index in [0.717, 1.165) is 18.8 Å². The van der Waals surface area contributed by atoms with Crippen molar-refractivity contribution in [1.82, 2.24) is 24.9 Å². The molecule has 5 nitrogen and oxygen atoms in total. The summed E-state index contributed by atoms with van der Waals surface area (Å²) in [6.45, 7) is 1.61. The van der Waals surface area contributed by atoms with Gasteiger partial charge in [-0.05, 0) is 6.07 Å². The number of hydrogen-bond donors (Lipinski definition) is 1. The second-order valence-electron chi connectivity index (χ2n) is 3.61. The van der Waals surface area contributed by atoms with E-state index < -0.39 is 0 Å². The van der Waals surface area contributed by atoms with Crippen LogP contribution in [0.5, 0.6) is 0 Å². The molecule has 1 N–H and O–H groups in total. The molecular formula is C10H16ClN5. The van der Waals surface area contributed by atoms with Gasteiger partial charge in [-0.15, -0.1) is 12.4 Å². The zero-order valence-corrected chi connectivity index (χ0v) is 10.2. The van der Waals surface area contributed by atoms with E-state index in [1.54, 1.807) is 9.36 Å². The normalized spacial score (nSPS) is 10.1. The van der Waals surface area contributed by atoms with Crippen molar-refractivity contribution in [2.45, 2.75) is 13.1 Å². The maximum atomic E-state index is 4.28. The van der Waals surface area contributed by atoms with Crippen molar-refractivity contribution in [3.8, 4) is 0 Å². The maximum absolute atomic E-state index is 4.28. The van der Waals surface area contributed by atoms with Gasteiger partial charge in [-0.25, -0.2) is 0 Å². The van der Waals surface area contributed by atoms with Gasteiger partial charge >= 0.3 is 0 Å². The lowest BCUT2D eigenvalue weighted by molar-refractivity contribution is 0.656. The quantitative estimate of drug-likeness (QED) is 0.864. The summed E-state index contributed by atoms with van der Waals surface area (Å²) in [5.74, 6) is 0. The molecule has 0 saturated heterocycles. The molecule has 2 rings (SSSR count). The number of aromatic nitrogens is 4. The largest absolute Gasteiger partial charge is 0.307 e. The molecule has 2 aromatic heterocycles. The third-order valence-electron chi connectivity index (χ3n) is 2.16. The molecule has 0 amide bonds. The summed E-state index contributed by atoms with van der Waals surface area (Å²) >= 11 is 0. The van der Waals surface area contributed by atoms with Crippen molar-refractivity contribution in [3.63, 3.8) is 0 Å². The molecule has 0 unspecified atom stereocenters. The first-order chi connectivity index (χ1) is 7.24. The Kier molecular flexibility index (Phi) is 4.52. The molecule has 6 heteroatoms. The van der Waals surface area contributed by atoms with Gasteiger partial charge < -0.3 is 5.32 Å². The van der Waals surface area contributed by atoms with Gasteiger partial charge in [-0.3, -0.25) is 9.36 Å². The molecule has 2 aromatic rings. The third-order valence-corrected chi connectivity index (χ3v) is 2.16. The van der Waals surface area contributed by atoms with Crippen molar-refractivity contribution in [3.05, 3.63) is 35.9 Å². The van der Waals surface area contributed by atoms with Gasteiger partial charge in [0, 0.05) is 45.1 Å². The molecule has 0 radical (unpaired) electrons. The number of halogens is 1. The first kappa shape index (κ1) is 12.7. The van der Waals surface area contributed by atoms with Crippen LogP contribution in [0, 0.1) is 0 Å². The number of nitrogens with one attached hydrogen (secondary N) is 1. The number of aryl methyl sites for hydroxylation is 2. The zero-order chi connectivity index (χ0) is 10.7. The van der Waals surface area contributed by atoms with Gasteiger partial charge in [0.05, 0.1) is 11.9 Å². The van der Waals surface area contributed by atoms with Crippen molar-refractivity contribution in [2.75, 3.05) is 0 Å². The number of hydrogen-bond acceptors (Lipinski definition) is 3. The van der Waals surface area contributed by atoms with E-state index in [0.29, 0.717) is 0 Å². The van der Waals surface area contributed by atoms with E-state index in [1.807, 2.05) is 38.8 Å². The lowest BCUT2D eigenvalue weighted by atomic mass is 10.3. The van der Waals surface area contributed by atoms with Gasteiger partial charge in [0.25, 0.3) is 0 Å². The fourth-order valence-electron chi connectivity index (χ4n) is 1.46. The van der Waals surface area contributed by atoms with E-state index in [-0.39, 0.29) is 12.4 Å². The minimum Gasteiger partial charge on any atom is -0.307 e. The second kappa shape index (κ2) is 5.67. The Bertz CT molecular complexity index is 394. The molecule has 0 aromatic carbocycles. The highest BCUT2D eigenvalue weighted by molar-refractivity contribution is 5.85. The van der Waals surface area contributed by atoms with Gasteiger partial charge in [0.1, 0.15) is 0 Å². The lowest BCUT2D eigenvalue weighted by Crippen LogP contribution is -2.12. The first-order valence-electron chi connectivity index (χ1n) is 4.91. The van der Waals surface area contributed by atoms with Crippen LogP contribution in [0.25, 0.3) is 0 Å². The summed E-state index contributed by atoms with van der Waals surface area (Å²) in [6.07, 6.45) is 5.82. The van der Waals surface area contributed by atoms with Gasteiger partial charge in [-0.2, -0.15) is 10.2 Å². The SMILES string of the molecule is Cl.Cn1cc(CNCc2ccn(C)n2)cn1. The standard InChI is InChI=1S/C10H15N5.ClH/c1-14-4-3-10(13-14)7-11-5-9-6-12-15(2)8-9;/h3-4,6,8,11H,5,7H2,1-2H3;1H. The summed E-state index contributed by atoms with van der Waals surface area (Å²) < 4.78 is 3.61. The topological polar surface area (TPSA) is 47.7 Å². The maximum Gasteiger partial charge on any atom is 0.0762 e. The highest BCUT2D eigenvalue weighted by Crippen LogP contribution is 1.97. The van der Waals surface area contributed by atoms with Crippen molar-refractivity contribution in [1.29, 1.82) is 0 Å². The van der Waals surface area contributed by atoms with Gasteiger partial charge in [0.15, 0.2) is 0 Å². The fourth-order valence-corrected chi connectivity index (χ4v) is 1.46. The Morgan fingerprint density at radius 1 is 1.25 bits per heavy atom. The molecule has 0 aliphatic heterocycles. The number of rotatable bonds is 4. The predicted molar refractivity (Wildman–Crippen MR) is 64.2 cm³/mol. The Balaban J connectivity index is 0.00000128. The van der Waals surface area contributed by atoms with Crippen LogP contribution in [-0.2, 0) is 27.2 Å². The molecule has 0 spiro atoms. The highest BCUT2D eigenvalue weighted by atomic mass is 35.5. The molecule has 0 bridgehead atoms. The van der Waals surface area contributed by atoms with Crippen LogP contribution in [0.2, 0.25) is 0 Å². The third kappa shape index (κ3) is 3.36. The molecule has 0 atom stereocenters. The van der Waals surface area contributed by atoms with Gasteiger partial charge in [0.2, 0.25) is 0 Å².